The molecule has 0 radical (unpaired) electrons. The molecular formula is C42H78O4S. The smallest absolute Gasteiger partial charge is 0.306 e. The van der Waals surface area contributed by atoms with Crippen molar-refractivity contribution >= 4 is 23.7 Å². The predicted octanol–water partition coefficient (Wildman–Crippen LogP) is 13.7. The summed E-state index contributed by atoms with van der Waals surface area (Å²) in [5.74, 6) is 1.17. The van der Waals surface area contributed by atoms with Crippen molar-refractivity contribution in [2.75, 3.05) is 24.7 Å². The lowest BCUT2D eigenvalue weighted by atomic mass is 10.1. The van der Waals surface area contributed by atoms with E-state index >= 15 is 0 Å². The van der Waals surface area contributed by atoms with Crippen LogP contribution in [0.1, 0.15) is 206 Å². The highest BCUT2D eigenvalue weighted by Crippen LogP contribution is 2.12. The maximum absolute atomic E-state index is 11.9. The summed E-state index contributed by atoms with van der Waals surface area (Å²) in [5.41, 5.74) is 0. The molecule has 0 aliphatic carbocycles. The molecule has 0 rings (SSSR count). The van der Waals surface area contributed by atoms with Gasteiger partial charge >= 0.3 is 11.9 Å². The van der Waals surface area contributed by atoms with Gasteiger partial charge in [0.25, 0.3) is 0 Å². The second-order valence-electron chi connectivity index (χ2n) is 13.4. The van der Waals surface area contributed by atoms with Crippen LogP contribution in [-0.2, 0) is 19.1 Å². The Kier molecular flexibility index (Phi) is 39.9. The van der Waals surface area contributed by atoms with Crippen molar-refractivity contribution in [3.05, 3.63) is 24.3 Å². The minimum absolute atomic E-state index is 0.118. The van der Waals surface area contributed by atoms with E-state index < -0.39 is 0 Å². The van der Waals surface area contributed by atoms with Crippen LogP contribution in [0.25, 0.3) is 0 Å². The molecule has 4 nitrogen and oxygen atoms in total. The number of ether oxygens (including phenoxy) is 2. The zero-order valence-corrected chi connectivity index (χ0v) is 32.2. The van der Waals surface area contributed by atoms with Gasteiger partial charge < -0.3 is 9.47 Å². The fourth-order valence-electron chi connectivity index (χ4n) is 5.63. The summed E-state index contributed by atoms with van der Waals surface area (Å²) in [5, 5.41) is 0. The van der Waals surface area contributed by atoms with Crippen molar-refractivity contribution in [3.8, 4) is 0 Å². The van der Waals surface area contributed by atoms with Crippen LogP contribution in [0.2, 0.25) is 0 Å². The van der Waals surface area contributed by atoms with E-state index in [4.69, 9.17) is 9.47 Å². The third-order valence-electron chi connectivity index (χ3n) is 8.74. The van der Waals surface area contributed by atoms with Crippen LogP contribution >= 0.6 is 11.8 Å². The van der Waals surface area contributed by atoms with Crippen LogP contribution in [-0.4, -0.2) is 36.7 Å². The predicted molar refractivity (Wildman–Crippen MR) is 207 cm³/mol. The summed E-state index contributed by atoms with van der Waals surface area (Å²) in [6, 6.07) is 0. The molecule has 0 aromatic heterocycles. The minimum atomic E-state index is -0.118. The SMILES string of the molecule is CCCCCCCCC=CCCCCCCCCOC(=O)CCSCCC(=O)OCCCCCCCCC=CCCCCCCCC. The standard InChI is InChI=1S/C42H78O4S/c1-3-5-7-9-11-13-15-17-19-21-23-25-27-29-31-33-37-45-41(43)35-39-47-40-36-42(44)46-38-34-32-30-28-26-24-22-20-18-16-14-12-10-8-6-4-2/h17-20H,3-16,21-40H2,1-2H3. The van der Waals surface area contributed by atoms with Crippen molar-refractivity contribution < 1.29 is 19.1 Å². The highest BCUT2D eigenvalue weighted by molar-refractivity contribution is 7.99. The summed E-state index contributed by atoms with van der Waals surface area (Å²) < 4.78 is 10.8. The van der Waals surface area contributed by atoms with Gasteiger partial charge in [-0.2, -0.15) is 11.8 Å². The maximum Gasteiger partial charge on any atom is 0.306 e. The largest absolute Gasteiger partial charge is 0.466 e. The Bertz CT molecular complexity index is 647. The number of hydrogen-bond acceptors (Lipinski definition) is 5. The van der Waals surface area contributed by atoms with Gasteiger partial charge in [0.15, 0.2) is 0 Å². The van der Waals surface area contributed by atoms with Gasteiger partial charge in [0, 0.05) is 11.5 Å². The highest BCUT2D eigenvalue weighted by atomic mass is 32.2. The van der Waals surface area contributed by atoms with Crippen LogP contribution < -0.4 is 0 Å². The zero-order chi connectivity index (χ0) is 34.1. The lowest BCUT2D eigenvalue weighted by Crippen LogP contribution is -2.09. The third kappa shape index (κ3) is 40.9. The molecule has 0 bridgehead atoms. The third-order valence-corrected chi connectivity index (χ3v) is 9.73. The van der Waals surface area contributed by atoms with Crippen LogP contribution in [0.3, 0.4) is 0 Å². The van der Waals surface area contributed by atoms with Gasteiger partial charge in [-0.05, 0) is 64.2 Å². The topological polar surface area (TPSA) is 52.6 Å². The summed E-state index contributed by atoms with van der Waals surface area (Å²) in [4.78, 5) is 23.9. The Morgan fingerprint density at radius 3 is 1.00 bits per heavy atom. The zero-order valence-electron chi connectivity index (χ0n) is 31.4. The number of unbranched alkanes of at least 4 members (excludes halogenated alkanes) is 24. The molecule has 0 aliphatic heterocycles. The fourth-order valence-corrected chi connectivity index (χ4v) is 6.45. The van der Waals surface area contributed by atoms with Gasteiger partial charge in [-0.15, -0.1) is 0 Å². The van der Waals surface area contributed by atoms with E-state index in [2.05, 4.69) is 38.2 Å². The molecule has 0 spiro atoms. The first-order chi connectivity index (χ1) is 23.2. The van der Waals surface area contributed by atoms with E-state index in [0.29, 0.717) is 37.6 Å². The monoisotopic (exact) mass is 679 g/mol. The van der Waals surface area contributed by atoms with Crippen LogP contribution in [0.5, 0.6) is 0 Å². The van der Waals surface area contributed by atoms with Gasteiger partial charge in [0.1, 0.15) is 0 Å². The molecule has 0 atom stereocenters. The summed E-state index contributed by atoms with van der Waals surface area (Å²) in [6.45, 7) is 5.61. The van der Waals surface area contributed by atoms with Crippen molar-refractivity contribution in [2.24, 2.45) is 0 Å². The number of rotatable bonds is 38. The van der Waals surface area contributed by atoms with Crippen LogP contribution in [0, 0.1) is 0 Å². The number of carbonyl (C=O) groups is 2. The second kappa shape index (κ2) is 40.9. The quantitative estimate of drug-likeness (QED) is 0.0369. The highest BCUT2D eigenvalue weighted by Gasteiger charge is 2.06. The lowest BCUT2D eigenvalue weighted by Gasteiger charge is -2.06. The Labute approximate surface area is 297 Å². The van der Waals surface area contributed by atoms with Gasteiger partial charge in [-0.1, -0.05) is 154 Å². The van der Waals surface area contributed by atoms with Crippen molar-refractivity contribution in [2.45, 2.75) is 206 Å². The molecule has 47 heavy (non-hydrogen) atoms. The van der Waals surface area contributed by atoms with Gasteiger partial charge in [0.2, 0.25) is 0 Å². The fraction of sp³-hybridized carbons (Fsp3) is 0.857. The Balaban J connectivity index is 3.31. The molecule has 0 unspecified atom stereocenters. The molecular weight excluding hydrogens is 601 g/mol. The molecule has 0 aromatic rings. The molecule has 0 saturated heterocycles. The summed E-state index contributed by atoms with van der Waals surface area (Å²) in [6.07, 6.45) is 46.1. The van der Waals surface area contributed by atoms with Crippen LogP contribution in [0.15, 0.2) is 24.3 Å². The molecule has 276 valence electrons. The van der Waals surface area contributed by atoms with Crippen LogP contribution in [0.4, 0.5) is 0 Å². The van der Waals surface area contributed by atoms with Crippen molar-refractivity contribution in [1.82, 2.24) is 0 Å². The van der Waals surface area contributed by atoms with E-state index in [1.54, 1.807) is 11.8 Å². The van der Waals surface area contributed by atoms with E-state index in [1.165, 1.54) is 154 Å². The van der Waals surface area contributed by atoms with E-state index in [1.807, 2.05) is 0 Å². The lowest BCUT2D eigenvalue weighted by molar-refractivity contribution is -0.144. The average Bonchev–Trinajstić information content (AvgIpc) is 3.07. The first-order valence-electron chi connectivity index (χ1n) is 20.4. The Morgan fingerprint density at radius 1 is 0.404 bits per heavy atom. The maximum atomic E-state index is 11.9. The number of thioether (sulfide) groups is 1. The van der Waals surface area contributed by atoms with Gasteiger partial charge in [-0.25, -0.2) is 0 Å². The van der Waals surface area contributed by atoms with E-state index in [-0.39, 0.29) is 11.9 Å². The number of hydrogen-bond donors (Lipinski definition) is 0. The molecule has 0 amide bonds. The Hall–Kier alpha value is -1.23. The molecule has 5 heteroatoms. The Morgan fingerprint density at radius 2 is 0.681 bits per heavy atom. The first-order valence-corrected chi connectivity index (χ1v) is 21.5. The molecule has 0 fully saturated rings. The number of esters is 2. The van der Waals surface area contributed by atoms with Crippen molar-refractivity contribution in [1.29, 1.82) is 0 Å². The molecule has 0 heterocycles. The second-order valence-corrected chi connectivity index (χ2v) is 14.7. The normalized spacial score (nSPS) is 11.6. The first kappa shape index (κ1) is 45.8. The number of allylic oxidation sites excluding steroid dienone is 4. The minimum Gasteiger partial charge on any atom is -0.466 e. The number of carbonyl (C=O) groups excluding carboxylic acids is 2. The van der Waals surface area contributed by atoms with E-state index in [9.17, 15) is 9.59 Å². The summed E-state index contributed by atoms with van der Waals surface area (Å²) in [7, 11) is 0. The molecule has 0 N–H and O–H groups in total. The average molecular weight is 679 g/mol. The van der Waals surface area contributed by atoms with Gasteiger partial charge in [0.05, 0.1) is 26.1 Å². The van der Waals surface area contributed by atoms with Gasteiger partial charge in [-0.3, -0.25) is 9.59 Å². The van der Waals surface area contributed by atoms with Crippen molar-refractivity contribution in [3.63, 3.8) is 0 Å². The molecule has 0 saturated carbocycles. The summed E-state index contributed by atoms with van der Waals surface area (Å²) >= 11 is 1.63. The van der Waals surface area contributed by atoms with E-state index in [0.717, 1.165) is 25.7 Å². The molecule has 0 aromatic carbocycles. The molecule has 0 aliphatic rings.